The molecule has 1 heteroatoms. The van der Waals surface area contributed by atoms with E-state index < -0.39 is 0 Å². The fraction of sp³-hybridized carbons (Fsp3) is 0.294. The lowest BCUT2D eigenvalue weighted by molar-refractivity contribution is 1.08. The van der Waals surface area contributed by atoms with Crippen LogP contribution in [0.5, 0.6) is 0 Å². The fourth-order valence-electron chi connectivity index (χ4n) is 2.42. The molecule has 0 aromatic heterocycles. The molecule has 0 saturated heterocycles. The molecule has 18 heavy (non-hydrogen) atoms. The summed E-state index contributed by atoms with van der Waals surface area (Å²) >= 11 is 3.88. The smallest absolute Gasteiger partial charge is 0.0652 e. The molecule has 0 radical (unpaired) electrons. The zero-order chi connectivity index (χ0) is 13.3. The van der Waals surface area contributed by atoms with E-state index in [1.807, 2.05) is 0 Å². The Bertz CT molecular complexity index is 550. The Hall–Kier alpha value is -1.08. The van der Waals surface area contributed by atoms with E-state index in [2.05, 4.69) is 80.0 Å². The van der Waals surface area contributed by atoms with E-state index in [0.717, 1.165) is 0 Å². The first-order valence-electron chi connectivity index (χ1n) is 6.28. The van der Waals surface area contributed by atoms with Crippen molar-refractivity contribution in [3.63, 3.8) is 0 Å². The van der Waals surface area contributed by atoms with Gasteiger partial charge in [0, 0.05) is 0 Å². The highest BCUT2D eigenvalue weighted by Crippen LogP contribution is 2.36. The van der Waals surface area contributed by atoms with Gasteiger partial charge in [0.1, 0.15) is 0 Å². The van der Waals surface area contributed by atoms with E-state index in [1.54, 1.807) is 0 Å². The Balaban J connectivity index is 2.54. The van der Waals surface area contributed by atoms with Crippen LogP contribution in [0.1, 0.15) is 38.2 Å². The molecule has 0 bridgehead atoms. The van der Waals surface area contributed by atoms with Crippen molar-refractivity contribution in [2.24, 2.45) is 0 Å². The van der Waals surface area contributed by atoms with Crippen LogP contribution in [0, 0.1) is 27.7 Å². The van der Waals surface area contributed by atoms with Gasteiger partial charge in [0.25, 0.3) is 0 Å². The van der Waals surface area contributed by atoms with Crippen LogP contribution in [0.4, 0.5) is 0 Å². The van der Waals surface area contributed by atoms with E-state index in [4.69, 9.17) is 0 Å². The Morgan fingerprint density at radius 3 is 2.06 bits per heavy atom. The second kappa shape index (κ2) is 5.27. The van der Waals surface area contributed by atoms with Gasteiger partial charge in [-0.2, -0.15) is 0 Å². The summed E-state index contributed by atoms with van der Waals surface area (Å²) in [5.74, 6) is 0. The zero-order valence-corrected chi connectivity index (χ0v) is 13.0. The number of hydrogen-bond donors (Lipinski definition) is 0. The number of aryl methyl sites for hydroxylation is 4. The first kappa shape index (κ1) is 13.4. The SMILES string of the molecule is Cc1ccc(C)c(C(Br)c2c(C)cccc2C)c1. The van der Waals surface area contributed by atoms with Crippen LogP contribution in [0.25, 0.3) is 0 Å². The summed E-state index contributed by atoms with van der Waals surface area (Å²) in [7, 11) is 0. The lowest BCUT2D eigenvalue weighted by Crippen LogP contribution is -2.01. The Morgan fingerprint density at radius 2 is 1.44 bits per heavy atom. The second-order valence-electron chi connectivity index (χ2n) is 5.03. The van der Waals surface area contributed by atoms with E-state index in [9.17, 15) is 0 Å². The van der Waals surface area contributed by atoms with Crippen molar-refractivity contribution in [1.82, 2.24) is 0 Å². The van der Waals surface area contributed by atoms with Crippen LogP contribution in [0.15, 0.2) is 36.4 Å². The average molecular weight is 303 g/mol. The molecule has 0 aliphatic rings. The normalized spacial score (nSPS) is 12.5. The third-order valence-corrected chi connectivity index (χ3v) is 4.45. The molecule has 2 rings (SSSR count). The van der Waals surface area contributed by atoms with Gasteiger partial charge < -0.3 is 0 Å². The van der Waals surface area contributed by atoms with Crippen molar-refractivity contribution in [3.8, 4) is 0 Å². The van der Waals surface area contributed by atoms with Crippen LogP contribution in [-0.4, -0.2) is 0 Å². The van der Waals surface area contributed by atoms with E-state index >= 15 is 0 Å². The fourth-order valence-corrected chi connectivity index (χ4v) is 3.63. The van der Waals surface area contributed by atoms with Crippen molar-refractivity contribution in [2.75, 3.05) is 0 Å². The standard InChI is InChI=1S/C17H19Br/c1-11-8-9-12(2)15(10-11)17(18)16-13(3)6-5-7-14(16)4/h5-10,17H,1-4H3. The number of benzene rings is 2. The molecule has 0 fully saturated rings. The summed E-state index contributed by atoms with van der Waals surface area (Å²) in [4.78, 5) is 0.276. The van der Waals surface area contributed by atoms with Crippen LogP contribution >= 0.6 is 15.9 Å². The molecule has 94 valence electrons. The number of hydrogen-bond acceptors (Lipinski definition) is 0. The molecule has 0 nitrogen and oxygen atoms in total. The highest BCUT2D eigenvalue weighted by atomic mass is 79.9. The monoisotopic (exact) mass is 302 g/mol. The van der Waals surface area contributed by atoms with Crippen LogP contribution in [0.2, 0.25) is 0 Å². The molecular weight excluding hydrogens is 284 g/mol. The van der Waals surface area contributed by atoms with Gasteiger partial charge in [-0.05, 0) is 55.5 Å². The Kier molecular flexibility index (Phi) is 3.91. The first-order valence-corrected chi connectivity index (χ1v) is 7.19. The lowest BCUT2D eigenvalue weighted by Gasteiger charge is -2.19. The number of alkyl halides is 1. The van der Waals surface area contributed by atoms with Crippen molar-refractivity contribution < 1.29 is 0 Å². The second-order valence-corrected chi connectivity index (χ2v) is 5.94. The van der Waals surface area contributed by atoms with Crippen LogP contribution in [-0.2, 0) is 0 Å². The highest BCUT2D eigenvalue weighted by Gasteiger charge is 2.16. The molecule has 0 amide bonds. The Labute approximate surface area is 118 Å². The molecule has 2 aromatic carbocycles. The molecule has 2 aromatic rings. The molecule has 0 heterocycles. The Morgan fingerprint density at radius 1 is 0.833 bits per heavy atom. The number of rotatable bonds is 2. The zero-order valence-electron chi connectivity index (χ0n) is 11.4. The van der Waals surface area contributed by atoms with Gasteiger partial charge in [-0.25, -0.2) is 0 Å². The molecular formula is C17H19Br. The minimum Gasteiger partial charge on any atom is -0.0786 e. The van der Waals surface area contributed by atoms with Gasteiger partial charge in [-0.1, -0.05) is 57.9 Å². The van der Waals surface area contributed by atoms with Crippen molar-refractivity contribution in [2.45, 2.75) is 32.5 Å². The molecule has 1 unspecified atom stereocenters. The largest absolute Gasteiger partial charge is 0.0786 e. The predicted molar refractivity (Wildman–Crippen MR) is 82.6 cm³/mol. The summed E-state index contributed by atoms with van der Waals surface area (Å²) in [6, 6.07) is 13.1. The van der Waals surface area contributed by atoms with E-state index in [1.165, 1.54) is 33.4 Å². The molecule has 0 saturated carbocycles. The lowest BCUT2D eigenvalue weighted by atomic mass is 9.93. The maximum Gasteiger partial charge on any atom is 0.0652 e. The quantitative estimate of drug-likeness (QED) is 0.651. The molecule has 0 N–H and O–H groups in total. The summed E-state index contributed by atoms with van der Waals surface area (Å²) in [6.45, 7) is 8.69. The predicted octanol–water partition coefficient (Wildman–Crippen LogP) is 5.40. The van der Waals surface area contributed by atoms with Crippen molar-refractivity contribution in [1.29, 1.82) is 0 Å². The molecule has 0 aliphatic carbocycles. The third kappa shape index (κ3) is 2.51. The molecule has 0 spiro atoms. The van der Waals surface area contributed by atoms with Gasteiger partial charge in [0.2, 0.25) is 0 Å². The highest BCUT2D eigenvalue weighted by molar-refractivity contribution is 9.09. The minimum absolute atomic E-state index is 0.276. The van der Waals surface area contributed by atoms with Crippen LogP contribution in [0.3, 0.4) is 0 Å². The van der Waals surface area contributed by atoms with E-state index in [0.29, 0.717) is 0 Å². The van der Waals surface area contributed by atoms with Gasteiger partial charge in [0.05, 0.1) is 4.83 Å². The first-order chi connectivity index (χ1) is 8.50. The average Bonchev–Trinajstić information content (AvgIpc) is 2.32. The topological polar surface area (TPSA) is 0 Å². The van der Waals surface area contributed by atoms with Crippen LogP contribution < -0.4 is 0 Å². The summed E-state index contributed by atoms with van der Waals surface area (Å²) in [5.41, 5.74) is 8.10. The number of halogens is 1. The van der Waals surface area contributed by atoms with Gasteiger partial charge in [0.15, 0.2) is 0 Å². The van der Waals surface area contributed by atoms with Gasteiger partial charge in [-0.15, -0.1) is 0 Å². The van der Waals surface area contributed by atoms with Gasteiger partial charge >= 0.3 is 0 Å². The van der Waals surface area contributed by atoms with Crippen molar-refractivity contribution in [3.05, 3.63) is 69.8 Å². The molecule has 0 aliphatic heterocycles. The minimum atomic E-state index is 0.276. The third-order valence-electron chi connectivity index (χ3n) is 3.50. The summed E-state index contributed by atoms with van der Waals surface area (Å²) < 4.78 is 0. The van der Waals surface area contributed by atoms with Gasteiger partial charge in [-0.3, -0.25) is 0 Å². The van der Waals surface area contributed by atoms with Crippen molar-refractivity contribution >= 4 is 15.9 Å². The maximum atomic E-state index is 3.88. The summed E-state index contributed by atoms with van der Waals surface area (Å²) in [6.07, 6.45) is 0. The maximum absolute atomic E-state index is 3.88. The van der Waals surface area contributed by atoms with E-state index in [-0.39, 0.29) is 4.83 Å². The summed E-state index contributed by atoms with van der Waals surface area (Å²) in [5, 5.41) is 0. The molecule has 1 atom stereocenters.